The van der Waals surface area contributed by atoms with Gasteiger partial charge in [-0.05, 0) is 35.9 Å². The summed E-state index contributed by atoms with van der Waals surface area (Å²) in [5.74, 6) is -0.787. The van der Waals surface area contributed by atoms with Crippen molar-refractivity contribution in [2.75, 3.05) is 11.1 Å². The molecule has 0 heterocycles. The Labute approximate surface area is 118 Å². The Balaban J connectivity index is 2.05. The number of nitrogens with two attached hydrogens (primary N) is 1. The van der Waals surface area contributed by atoms with Crippen molar-refractivity contribution in [1.82, 2.24) is 0 Å². The van der Waals surface area contributed by atoms with E-state index < -0.39 is 5.82 Å². The summed E-state index contributed by atoms with van der Waals surface area (Å²) >= 11 is 3.32. The zero-order valence-corrected chi connectivity index (χ0v) is 11.6. The van der Waals surface area contributed by atoms with Crippen LogP contribution in [-0.2, 0) is 11.2 Å². The number of anilines is 2. The highest BCUT2D eigenvalue weighted by Crippen LogP contribution is 2.18. The first-order valence-electron chi connectivity index (χ1n) is 5.64. The van der Waals surface area contributed by atoms with Gasteiger partial charge in [-0.1, -0.05) is 28.1 Å². The summed E-state index contributed by atoms with van der Waals surface area (Å²) in [7, 11) is 0. The molecule has 2 rings (SSSR count). The van der Waals surface area contributed by atoms with Crippen LogP contribution in [0.1, 0.15) is 5.56 Å². The summed E-state index contributed by atoms with van der Waals surface area (Å²) in [6.07, 6.45) is 0.182. The Morgan fingerprint density at radius 3 is 2.58 bits per heavy atom. The molecule has 5 heteroatoms. The second-order valence-electron chi connectivity index (χ2n) is 4.09. The quantitative estimate of drug-likeness (QED) is 0.851. The molecule has 2 aromatic rings. The number of amides is 1. The third kappa shape index (κ3) is 3.79. The predicted octanol–water partition coefficient (Wildman–Crippen LogP) is 3.35. The Morgan fingerprint density at radius 1 is 1.21 bits per heavy atom. The average molecular weight is 323 g/mol. The highest BCUT2D eigenvalue weighted by molar-refractivity contribution is 9.10. The van der Waals surface area contributed by atoms with Crippen molar-refractivity contribution in [1.29, 1.82) is 0 Å². The van der Waals surface area contributed by atoms with Crippen molar-refractivity contribution in [3.8, 4) is 0 Å². The lowest BCUT2D eigenvalue weighted by Crippen LogP contribution is -2.15. The minimum Gasteiger partial charge on any atom is -0.399 e. The molecule has 0 fully saturated rings. The van der Waals surface area contributed by atoms with Gasteiger partial charge in [0, 0.05) is 10.2 Å². The maximum atomic E-state index is 13.4. The van der Waals surface area contributed by atoms with E-state index in [-0.39, 0.29) is 18.0 Å². The van der Waals surface area contributed by atoms with Gasteiger partial charge in [-0.25, -0.2) is 4.39 Å². The maximum absolute atomic E-state index is 13.4. The molecule has 0 unspecified atom stereocenters. The van der Waals surface area contributed by atoms with Gasteiger partial charge in [0.2, 0.25) is 5.91 Å². The third-order valence-electron chi connectivity index (χ3n) is 2.54. The largest absolute Gasteiger partial charge is 0.399 e. The van der Waals surface area contributed by atoms with Crippen molar-refractivity contribution in [2.24, 2.45) is 0 Å². The number of halogens is 2. The number of hydrogen-bond acceptors (Lipinski definition) is 2. The molecule has 0 aliphatic carbocycles. The molecule has 2 aromatic carbocycles. The molecule has 1 amide bonds. The van der Waals surface area contributed by atoms with E-state index in [0.717, 1.165) is 10.0 Å². The molecular formula is C14H12BrFN2O. The standard InChI is InChI=1S/C14H12BrFN2O/c15-10-3-1-9(2-4-10)7-14(19)18-13-8-11(17)5-6-12(13)16/h1-6,8H,7,17H2,(H,18,19). The molecule has 0 radical (unpaired) electrons. The number of benzene rings is 2. The third-order valence-corrected chi connectivity index (χ3v) is 3.07. The monoisotopic (exact) mass is 322 g/mol. The summed E-state index contributed by atoms with van der Waals surface area (Å²) in [5, 5.41) is 2.51. The van der Waals surface area contributed by atoms with Crippen LogP contribution in [0.5, 0.6) is 0 Å². The molecule has 0 spiro atoms. The summed E-state index contributed by atoms with van der Waals surface area (Å²) in [5.41, 5.74) is 6.90. The average Bonchev–Trinajstić information content (AvgIpc) is 2.37. The van der Waals surface area contributed by atoms with Crippen LogP contribution in [0.25, 0.3) is 0 Å². The second-order valence-corrected chi connectivity index (χ2v) is 5.01. The van der Waals surface area contributed by atoms with E-state index >= 15 is 0 Å². The van der Waals surface area contributed by atoms with Gasteiger partial charge in [0.1, 0.15) is 5.82 Å². The van der Waals surface area contributed by atoms with Gasteiger partial charge in [0.25, 0.3) is 0 Å². The molecule has 0 bridgehead atoms. The number of hydrogen-bond donors (Lipinski definition) is 2. The normalized spacial score (nSPS) is 10.2. The van der Waals surface area contributed by atoms with Crippen LogP contribution >= 0.6 is 15.9 Å². The highest BCUT2D eigenvalue weighted by atomic mass is 79.9. The van der Waals surface area contributed by atoms with E-state index in [4.69, 9.17) is 5.73 Å². The smallest absolute Gasteiger partial charge is 0.228 e. The lowest BCUT2D eigenvalue weighted by atomic mass is 10.1. The zero-order chi connectivity index (χ0) is 13.8. The topological polar surface area (TPSA) is 55.1 Å². The molecule has 98 valence electrons. The fraction of sp³-hybridized carbons (Fsp3) is 0.0714. The summed E-state index contributed by atoms with van der Waals surface area (Å²) in [6, 6.07) is 11.4. The van der Waals surface area contributed by atoms with Gasteiger partial charge in [-0.2, -0.15) is 0 Å². The molecule has 0 atom stereocenters. The van der Waals surface area contributed by atoms with Crippen molar-refractivity contribution >= 4 is 33.2 Å². The molecule has 3 N–H and O–H groups in total. The van der Waals surface area contributed by atoms with E-state index in [0.29, 0.717) is 5.69 Å². The van der Waals surface area contributed by atoms with Gasteiger partial charge in [-0.15, -0.1) is 0 Å². The number of nitrogen functional groups attached to an aromatic ring is 1. The fourth-order valence-corrected chi connectivity index (χ4v) is 1.89. The molecule has 0 aliphatic rings. The van der Waals surface area contributed by atoms with Gasteiger partial charge in [-0.3, -0.25) is 4.79 Å². The van der Waals surface area contributed by atoms with Crippen molar-refractivity contribution in [3.63, 3.8) is 0 Å². The number of nitrogens with one attached hydrogen (secondary N) is 1. The van der Waals surface area contributed by atoms with Crippen LogP contribution in [0.4, 0.5) is 15.8 Å². The van der Waals surface area contributed by atoms with Crippen LogP contribution in [0.3, 0.4) is 0 Å². The number of carbonyl (C=O) groups is 1. The number of carbonyl (C=O) groups excluding carboxylic acids is 1. The Morgan fingerprint density at radius 2 is 1.89 bits per heavy atom. The predicted molar refractivity (Wildman–Crippen MR) is 77.3 cm³/mol. The summed E-state index contributed by atoms with van der Waals surface area (Å²) in [4.78, 5) is 11.8. The van der Waals surface area contributed by atoms with Gasteiger partial charge in [0.05, 0.1) is 12.1 Å². The molecule has 3 nitrogen and oxygen atoms in total. The minimum atomic E-state index is -0.502. The van der Waals surface area contributed by atoms with E-state index in [2.05, 4.69) is 21.2 Å². The van der Waals surface area contributed by atoms with Crippen LogP contribution in [0, 0.1) is 5.82 Å². The Kier molecular flexibility index (Phi) is 4.16. The minimum absolute atomic E-state index is 0.0992. The molecule has 0 saturated heterocycles. The van der Waals surface area contributed by atoms with Crippen LogP contribution in [-0.4, -0.2) is 5.91 Å². The molecule has 0 aliphatic heterocycles. The van der Waals surface area contributed by atoms with E-state index in [1.165, 1.54) is 18.2 Å². The molecule has 19 heavy (non-hydrogen) atoms. The summed E-state index contributed by atoms with van der Waals surface area (Å²) in [6.45, 7) is 0. The van der Waals surface area contributed by atoms with Crippen LogP contribution < -0.4 is 11.1 Å². The highest BCUT2D eigenvalue weighted by Gasteiger charge is 2.08. The first kappa shape index (κ1) is 13.5. The Hall–Kier alpha value is -1.88. The van der Waals surface area contributed by atoms with Crippen molar-refractivity contribution in [2.45, 2.75) is 6.42 Å². The van der Waals surface area contributed by atoms with E-state index in [1.807, 2.05) is 24.3 Å². The maximum Gasteiger partial charge on any atom is 0.228 e. The van der Waals surface area contributed by atoms with Crippen LogP contribution in [0.2, 0.25) is 0 Å². The molecular weight excluding hydrogens is 311 g/mol. The first-order valence-corrected chi connectivity index (χ1v) is 6.43. The second kappa shape index (κ2) is 5.84. The van der Waals surface area contributed by atoms with E-state index in [1.54, 1.807) is 0 Å². The first-order chi connectivity index (χ1) is 9.04. The Bertz CT molecular complexity index is 599. The van der Waals surface area contributed by atoms with Crippen molar-refractivity contribution < 1.29 is 9.18 Å². The van der Waals surface area contributed by atoms with Gasteiger partial charge in [0.15, 0.2) is 0 Å². The lowest BCUT2D eigenvalue weighted by Gasteiger charge is -2.07. The molecule has 0 saturated carbocycles. The van der Waals surface area contributed by atoms with Crippen molar-refractivity contribution in [3.05, 3.63) is 58.3 Å². The van der Waals surface area contributed by atoms with Gasteiger partial charge < -0.3 is 11.1 Å². The fourth-order valence-electron chi connectivity index (χ4n) is 1.62. The number of rotatable bonds is 3. The van der Waals surface area contributed by atoms with E-state index in [9.17, 15) is 9.18 Å². The SMILES string of the molecule is Nc1ccc(F)c(NC(=O)Cc2ccc(Br)cc2)c1. The lowest BCUT2D eigenvalue weighted by molar-refractivity contribution is -0.115. The zero-order valence-electron chi connectivity index (χ0n) is 9.99. The van der Waals surface area contributed by atoms with Gasteiger partial charge >= 0.3 is 0 Å². The molecule has 0 aromatic heterocycles. The van der Waals surface area contributed by atoms with Crippen LogP contribution in [0.15, 0.2) is 46.9 Å². The summed E-state index contributed by atoms with van der Waals surface area (Å²) < 4.78 is 14.4.